The predicted octanol–water partition coefficient (Wildman–Crippen LogP) is 5.03. The van der Waals surface area contributed by atoms with Crippen molar-refractivity contribution in [3.05, 3.63) is 101 Å². The monoisotopic (exact) mass is 630 g/mol. The maximum Gasteiger partial charge on any atom is 0.224 e. The highest BCUT2D eigenvalue weighted by Gasteiger charge is 2.32. The highest BCUT2D eigenvalue weighted by molar-refractivity contribution is 7.99. The minimum Gasteiger partial charge on any atom is -0.397 e. The lowest BCUT2D eigenvalue weighted by Crippen LogP contribution is -2.31. The number of nitrogen functional groups attached to an aromatic ring is 1. The Balaban J connectivity index is 1.09. The maximum absolute atomic E-state index is 12.4. The number of aliphatic hydroxyl groups is 1. The minimum absolute atomic E-state index is 0.00896. The number of para-hydroxylation sites is 2. The smallest absolute Gasteiger partial charge is 0.224 e. The third-order valence-corrected chi connectivity index (χ3v) is 8.46. The van der Waals surface area contributed by atoms with E-state index >= 15 is 0 Å². The molecular weight excluding hydrogens is 592 g/mol. The van der Waals surface area contributed by atoms with Gasteiger partial charge in [-0.25, -0.2) is 4.98 Å². The van der Waals surface area contributed by atoms with E-state index in [1.807, 2.05) is 60.7 Å². The molecule has 3 atom stereocenters. The molecule has 4 aromatic rings. The van der Waals surface area contributed by atoms with E-state index in [0.717, 1.165) is 27.4 Å². The number of aromatic nitrogens is 3. The Kier molecular flexibility index (Phi) is 11.6. The van der Waals surface area contributed by atoms with Gasteiger partial charge in [-0.15, -0.1) is 0 Å². The van der Waals surface area contributed by atoms with Crippen LogP contribution >= 0.6 is 11.8 Å². The van der Waals surface area contributed by atoms with Crippen molar-refractivity contribution in [2.75, 3.05) is 16.8 Å². The molecule has 0 unspecified atom stereocenters. The van der Waals surface area contributed by atoms with Crippen LogP contribution in [0.1, 0.15) is 66.8 Å². The summed E-state index contributed by atoms with van der Waals surface area (Å²) in [7, 11) is 0. The van der Waals surface area contributed by atoms with Crippen molar-refractivity contribution < 1.29 is 24.2 Å². The third kappa shape index (κ3) is 9.63. The number of nitrogens with two attached hydrogens (primary N) is 1. The first-order valence-corrected chi connectivity index (χ1v) is 15.9. The van der Waals surface area contributed by atoms with Gasteiger partial charge >= 0.3 is 0 Å². The number of aliphatic hydroxyl groups excluding tert-OH is 1. The quantitative estimate of drug-likeness (QED) is 0.0730. The zero-order valence-electron chi connectivity index (χ0n) is 24.9. The predicted molar refractivity (Wildman–Crippen MR) is 172 cm³/mol. The highest BCUT2D eigenvalue weighted by atomic mass is 32.2. The number of hydrogen-bond acceptors (Lipinski definition) is 9. The van der Waals surface area contributed by atoms with Gasteiger partial charge in [-0.1, -0.05) is 72.4 Å². The summed E-state index contributed by atoms with van der Waals surface area (Å²) in [6, 6.07) is 22.7. The molecule has 3 aromatic carbocycles. The van der Waals surface area contributed by atoms with Crippen molar-refractivity contribution in [1.82, 2.24) is 20.5 Å². The summed E-state index contributed by atoms with van der Waals surface area (Å²) in [5.74, 6) is 0.495. The van der Waals surface area contributed by atoms with Gasteiger partial charge in [-0.05, 0) is 41.7 Å². The van der Waals surface area contributed by atoms with E-state index in [-0.39, 0.29) is 30.6 Å². The van der Waals surface area contributed by atoms with Crippen LogP contribution in [0.25, 0.3) is 0 Å². The molecule has 2 amide bonds. The van der Waals surface area contributed by atoms with Gasteiger partial charge in [0, 0.05) is 37.1 Å². The molecular formula is C33H38N6O5S. The molecule has 45 heavy (non-hydrogen) atoms. The molecule has 1 aliphatic rings. The summed E-state index contributed by atoms with van der Waals surface area (Å²) in [4.78, 5) is 28.8. The van der Waals surface area contributed by atoms with Crippen LogP contribution in [-0.4, -0.2) is 44.0 Å². The van der Waals surface area contributed by atoms with Crippen LogP contribution < -0.4 is 16.4 Å². The van der Waals surface area contributed by atoms with Gasteiger partial charge < -0.3 is 30.9 Å². The Morgan fingerprint density at radius 3 is 2.36 bits per heavy atom. The molecule has 5 rings (SSSR count). The number of H-pyrrole nitrogens is 1. The standard InChI is InChI=1S/C33H38N6O5S/c34-27-5-1-2-6-28(27)38-31(42)8-4-3-7-30(41)35-18-22-9-15-25(16-10-22)32-43-26(20-45-33-36-21-37-39-33)17-29(44-32)24-13-11-23(19-40)12-14-24/h1-2,5-6,9-16,21,26,29,32,40H,3-4,7-8,17-20,34H2,(H,35,41)(H,38,42)(H,36,37,39)/t26-,29+,32+/m1/s1. The second kappa shape index (κ2) is 16.2. The summed E-state index contributed by atoms with van der Waals surface area (Å²) in [6.45, 7) is 0.389. The van der Waals surface area contributed by atoms with Crippen LogP contribution in [0.15, 0.2) is 84.3 Å². The maximum atomic E-state index is 12.4. The average molecular weight is 631 g/mol. The van der Waals surface area contributed by atoms with E-state index in [1.165, 1.54) is 6.33 Å². The number of aromatic amines is 1. The van der Waals surface area contributed by atoms with Gasteiger partial charge in [-0.3, -0.25) is 14.7 Å². The summed E-state index contributed by atoms with van der Waals surface area (Å²) in [6.07, 6.45) is 3.19. The Morgan fingerprint density at radius 1 is 0.933 bits per heavy atom. The fourth-order valence-electron chi connectivity index (χ4n) is 4.93. The summed E-state index contributed by atoms with van der Waals surface area (Å²) >= 11 is 1.55. The Hall–Kier alpha value is -4.23. The molecule has 236 valence electrons. The largest absolute Gasteiger partial charge is 0.397 e. The van der Waals surface area contributed by atoms with E-state index in [4.69, 9.17) is 15.2 Å². The van der Waals surface area contributed by atoms with Gasteiger partial charge in [0.2, 0.25) is 11.8 Å². The average Bonchev–Trinajstić information content (AvgIpc) is 3.60. The van der Waals surface area contributed by atoms with Crippen molar-refractivity contribution in [2.24, 2.45) is 0 Å². The van der Waals surface area contributed by atoms with E-state index in [1.54, 1.807) is 23.9 Å². The molecule has 12 heteroatoms. The van der Waals surface area contributed by atoms with Crippen LogP contribution in [-0.2, 0) is 32.2 Å². The van der Waals surface area contributed by atoms with E-state index in [2.05, 4.69) is 25.8 Å². The molecule has 0 bridgehead atoms. The van der Waals surface area contributed by atoms with Crippen LogP contribution in [0.4, 0.5) is 11.4 Å². The number of nitrogens with zero attached hydrogens (tertiary/aromatic N) is 2. The van der Waals surface area contributed by atoms with E-state index in [9.17, 15) is 14.7 Å². The van der Waals surface area contributed by atoms with Crippen molar-refractivity contribution in [1.29, 1.82) is 0 Å². The number of nitrogens with one attached hydrogen (secondary N) is 3. The first kappa shape index (κ1) is 32.2. The second-order valence-electron chi connectivity index (χ2n) is 10.8. The van der Waals surface area contributed by atoms with Gasteiger partial charge in [0.25, 0.3) is 0 Å². The van der Waals surface area contributed by atoms with E-state index < -0.39 is 6.29 Å². The number of hydrogen-bond donors (Lipinski definition) is 5. The zero-order valence-corrected chi connectivity index (χ0v) is 25.7. The molecule has 11 nitrogen and oxygen atoms in total. The first-order chi connectivity index (χ1) is 22.0. The number of thioether (sulfide) groups is 1. The van der Waals surface area contributed by atoms with Gasteiger partial charge in [0.05, 0.1) is 30.2 Å². The number of carbonyl (C=O) groups excluding carboxylic acids is 2. The minimum atomic E-state index is -0.569. The number of amides is 2. The zero-order chi connectivity index (χ0) is 31.4. The van der Waals surface area contributed by atoms with Gasteiger partial charge in [0.15, 0.2) is 11.4 Å². The van der Waals surface area contributed by atoms with Crippen LogP contribution in [0.2, 0.25) is 0 Å². The molecule has 1 aromatic heterocycles. The normalized spacial score (nSPS) is 17.9. The van der Waals surface area contributed by atoms with Crippen LogP contribution in [0.3, 0.4) is 0 Å². The molecule has 0 aliphatic carbocycles. The Labute approximate surface area is 266 Å². The molecule has 1 saturated heterocycles. The van der Waals surface area contributed by atoms with E-state index in [0.29, 0.717) is 55.8 Å². The van der Waals surface area contributed by atoms with Crippen molar-refractivity contribution in [3.63, 3.8) is 0 Å². The van der Waals surface area contributed by atoms with Gasteiger partial charge in [0.1, 0.15) is 6.33 Å². The van der Waals surface area contributed by atoms with Crippen molar-refractivity contribution in [2.45, 2.75) is 68.9 Å². The molecule has 1 aliphatic heterocycles. The summed E-state index contributed by atoms with van der Waals surface area (Å²) in [5, 5.41) is 22.7. The fourth-order valence-corrected chi connectivity index (χ4v) is 5.73. The molecule has 2 heterocycles. The van der Waals surface area contributed by atoms with Crippen LogP contribution in [0, 0.1) is 0 Å². The summed E-state index contributed by atoms with van der Waals surface area (Å²) in [5.41, 5.74) is 10.7. The topological polar surface area (TPSA) is 164 Å². The third-order valence-electron chi connectivity index (χ3n) is 7.45. The molecule has 0 radical (unpaired) electrons. The van der Waals surface area contributed by atoms with Crippen molar-refractivity contribution in [3.8, 4) is 0 Å². The number of ether oxygens (including phenoxy) is 2. The number of rotatable bonds is 14. The lowest BCUT2D eigenvalue weighted by molar-refractivity contribution is -0.245. The molecule has 6 N–H and O–H groups in total. The highest BCUT2D eigenvalue weighted by Crippen LogP contribution is 2.39. The fraction of sp³-hybridized carbons (Fsp3) is 0.333. The number of anilines is 2. The number of benzene rings is 3. The molecule has 0 saturated carbocycles. The number of carbonyl (C=O) groups is 2. The van der Waals surface area contributed by atoms with Crippen LogP contribution in [0.5, 0.6) is 0 Å². The molecule has 1 fully saturated rings. The lowest BCUT2D eigenvalue weighted by atomic mass is 10.0. The lowest BCUT2D eigenvalue weighted by Gasteiger charge is -2.36. The summed E-state index contributed by atoms with van der Waals surface area (Å²) < 4.78 is 12.8. The SMILES string of the molecule is Nc1ccccc1NC(=O)CCCCC(=O)NCc1ccc([C@H]2O[C@@H](CSc3ncn[nH]3)C[C@@H](c3ccc(CO)cc3)O2)cc1. The Morgan fingerprint density at radius 2 is 1.64 bits per heavy atom. The molecule has 0 spiro atoms. The first-order valence-electron chi connectivity index (χ1n) is 15.0. The Bertz CT molecular complexity index is 1520. The van der Waals surface area contributed by atoms with Crippen molar-refractivity contribution >= 4 is 35.0 Å². The van der Waals surface area contributed by atoms with Gasteiger partial charge in [-0.2, -0.15) is 5.10 Å². The number of unbranched alkanes of at least 4 members (excludes halogenated alkanes) is 1. The second-order valence-corrected chi connectivity index (χ2v) is 11.8.